The van der Waals surface area contributed by atoms with Gasteiger partial charge in [0.25, 0.3) is 0 Å². The number of ether oxygens (including phenoxy) is 1. The summed E-state index contributed by atoms with van der Waals surface area (Å²) < 4.78 is 5.47. The minimum absolute atomic E-state index is 0.316. The molecule has 0 amide bonds. The summed E-state index contributed by atoms with van der Waals surface area (Å²) in [7, 11) is 0. The molecule has 1 atom stereocenters. The number of anilines is 1. The number of carboxylic acids is 1. The molecule has 0 saturated carbocycles. The van der Waals surface area contributed by atoms with Gasteiger partial charge in [-0.1, -0.05) is 6.92 Å². The van der Waals surface area contributed by atoms with Crippen molar-refractivity contribution < 1.29 is 14.6 Å². The molecular weight excluding hydrogens is 246 g/mol. The normalized spacial score (nSPS) is 19.2. The van der Waals surface area contributed by atoms with E-state index in [4.69, 9.17) is 9.84 Å². The van der Waals surface area contributed by atoms with Crippen LogP contribution in [0, 0.1) is 5.92 Å². The quantitative estimate of drug-likeness (QED) is 0.871. The van der Waals surface area contributed by atoms with Gasteiger partial charge in [-0.2, -0.15) is 0 Å². The van der Waals surface area contributed by atoms with Crippen LogP contribution < -0.4 is 9.64 Å². The lowest BCUT2D eigenvalue weighted by Crippen LogP contribution is -2.39. The van der Waals surface area contributed by atoms with Crippen LogP contribution in [0.25, 0.3) is 0 Å². The number of nitrogens with zero attached hydrogens (tertiary/aromatic N) is 3. The van der Waals surface area contributed by atoms with Crippen molar-refractivity contribution in [3.05, 3.63) is 12.4 Å². The van der Waals surface area contributed by atoms with Crippen molar-refractivity contribution in [1.82, 2.24) is 9.97 Å². The van der Waals surface area contributed by atoms with Crippen LogP contribution in [0.3, 0.4) is 0 Å². The molecular formula is C13H19N3O3. The number of aromatic nitrogens is 2. The van der Waals surface area contributed by atoms with Gasteiger partial charge in [0, 0.05) is 19.2 Å². The van der Waals surface area contributed by atoms with E-state index < -0.39 is 5.97 Å². The molecule has 1 aromatic heterocycles. The summed E-state index contributed by atoms with van der Waals surface area (Å²) in [4.78, 5) is 21.3. The van der Waals surface area contributed by atoms with Crippen molar-refractivity contribution in [2.45, 2.75) is 26.2 Å². The first-order valence-electron chi connectivity index (χ1n) is 6.63. The molecule has 1 aliphatic heterocycles. The lowest BCUT2D eigenvalue weighted by Gasteiger charge is -2.31. The van der Waals surface area contributed by atoms with Crippen LogP contribution in [-0.2, 0) is 4.79 Å². The van der Waals surface area contributed by atoms with Crippen LogP contribution >= 0.6 is 0 Å². The predicted octanol–water partition coefficient (Wildman–Crippen LogP) is 1.57. The van der Waals surface area contributed by atoms with Gasteiger partial charge in [0.05, 0.1) is 12.5 Å². The second-order valence-electron chi connectivity index (χ2n) is 4.69. The Kier molecular flexibility index (Phi) is 4.54. The maximum atomic E-state index is 11.1. The summed E-state index contributed by atoms with van der Waals surface area (Å²) in [6, 6.07) is 1.78. The Balaban J connectivity index is 2.06. The smallest absolute Gasteiger partial charge is 0.308 e. The van der Waals surface area contributed by atoms with E-state index in [0.29, 0.717) is 19.0 Å². The molecule has 1 aromatic rings. The topological polar surface area (TPSA) is 75.5 Å². The molecule has 0 bridgehead atoms. The summed E-state index contributed by atoms with van der Waals surface area (Å²) in [5, 5.41) is 9.09. The van der Waals surface area contributed by atoms with Crippen LogP contribution in [0.15, 0.2) is 12.4 Å². The summed E-state index contributed by atoms with van der Waals surface area (Å²) in [6.07, 6.45) is 3.98. The highest BCUT2D eigenvalue weighted by Gasteiger charge is 2.26. The van der Waals surface area contributed by atoms with Gasteiger partial charge < -0.3 is 14.7 Å². The van der Waals surface area contributed by atoms with Crippen molar-refractivity contribution in [1.29, 1.82) is 0 Å². The Morgan fingerprint density at radius 1 is 1.58 bits per heavy atom. The highest BCUT2D eigenvalue weighted by Crippen LogP contribution is 2.23. The Morgan fingerprint density at radius 3 is 3.16 bits per heavy atom. The number of rotatable bonds is 5. The predicted molar refractivity (Wildman–Crippen MR) is 70.4 cm³/mol. The van der Waals surface area contributed by atoms with Gasteiger partial charge in [0.15, 0.2) is 0 Å². The van der Waals surface area contributed by atoms with Crippen LogP contribution in [0.5, 0.6) is 5.88 Å². The third-order valence-electron chi connectivity index (χ3n) is 3.18. The number of hydrogen-bond donors (Lipinski definition) is 1. The van der Waals surface area contributed by atoms with E-state index in [0.717, 1.165) is 31.6 Å². The lowest BCUT2D eigenvalue weighted by molar-refractivity contribution is -0.141. The van der Waals surface area contributed by atoms with E-state index in [9.17, 15) is 4.79 Å². The fourth-order valence-corrected chi connectivity index (χ4v) is 2.18. The van der Waals surface area contributed by atoms with Crippen molar-refractivity contribution in [3.8, 4) is 5.88 Å². The first kappa shape index (κ1) is 13.6. The van der Waals surface area contributed by atoms with Crippen LogP contribution in [0.1, 0.15) is 26.2 Å². The molecule has 2 heterocycles. The minimum Gasteiger partial charge on any atom is -0.481 e. The zero-order valence-corrected chi connectivity index (χ0v) is 11.1. The summed E-state index contributed by atoms with van der Waals surface area (Å²) >= 11 is 0. The largest absolute Gasteiger partial charge is 0.481 e. The zero-order valence-electron chi connectivity index (χ0n) is 11.1. The van der Waals surface area contributed by atoms with Crippen molar-refractivity contribution in [2.24, 2.45) is 5.92 Å². The monoisotopic (exact) mass is 265 g/mol. The maximum absolute atomic E-state index is 11.1. The molecule has 0 radical (unpaired) electrons. The van der Waals surface area contributed by atoms with E-state index in [1.165, 1.54) is 6.33 Å². The highest BCUT2D eigenvalue weighted by molar-refractivity contribution is 5.71. The standard InChI is InChI=1S/C13H19N3O3/c1-2-6-19-12-7-11(14-9-15-12)16-5-3-4-10(8-16)13(17)18/h7,9-10H,2-6,8H2,1H3,(H,17,18). The number of hydrogen-bond acceptors (Lipinski definition) is 5. The molecule has 19 heavy (non-hydrogen) atoms. The van der Waals surface area contributed by atoms with E-state index in [1.807, 2.05) is 11.8 Å². The van der Waals surface area contributed by atoms with E-state index in [-0.39, 0.29) is 5.92 Å². The minimum atomic E-state index is -0.735. The molecule has 1 saturated heterocycles. The van der Waals surface area contributed by atoms with E-state index in [1.54, 1.807) is 6.07 Å². The molecule has 2 rings (SSSR count). The van der Waals surface area contributed by atoms with Gasteiger partial charge >= 0.3 is 5.97 Å². The first-order chi connectivity index (χ1) is 9.20. The van der Waals surface area contributed by atoms with Crippen LogP contribution in [-0.4, -0.2) is 40.7 Å². The molecule has 6 heteroatoms. The Labute approximate surface area is 112 Å². The van der Waals surface area contributed by atoms with Crippen LogP contribution in [0.2, 0.25) is 0 Å². The second kappa shape index (κ2) is 6.36. The third kappa shape index (κ3) is 3.56. The highest BCUT2D eigenvalue weighted by atomic mass is 16.5. The zero-order chi connectivity index (χ0) is 13.7. The molecule has 1 aliphatic rings. The first-order valence-corrected chi connectivity index (χ1v) is 6.63. The van der Waals surface area contributed by atoms with E-state index in [2.05, 4.69) is 9.97 Å². The van der Waals surface area contributed by atoms with E-state index >= 15 is 0 Å². The van der Waals surface area contributed by atoms with Gasteiger partial charge in [0.1, 0.15) is 12.1 Å². The molecule has 0 spiro atoms. The van der Waals surface area contributed by atoms with Gasteiger partial charge in [-0.3, -0.25) is 4.79 Å². The Hall–Kier alpha value is -1.85. The molecule has 1 unspecified atom stereocenters. The summed E-state index contributed by atoms with van der Waals surface area (Å²) in [6.45, 7) is 3.98. The SMILES string of the molecule is CCCOc1cc(N2CCCC(C(=O)O)C2)ncn1. The fraction of sp³-hybridized carbons (Fsp3) is 0.615. The number of carbonyl (C=O) groups is 1. The molecule has 6 nitrogen and oxygen atoms in total. The van der Waals surface area contributed by atoms with Gasteiger partial charge in [-0.15, -0.1) is 0 Å². The third-order valence-corrected chi connectivity index (χ3v) is 3.18. The molecule has 104 valence electrons. The Bertz CT molecular complexity index is 439. The lowest BCUT2D eigenvalue weighted by atomic mass is 9.98. The average molecular weight is 265 g/mol. The summed E-state index contributed by atoms with van der Waals surface area (Å²) in [5.74, 6) is 0.237. The van der Waals surface area contributed by atoms with Gasteiger partial charge in [-0.05, 0) is 19.3 Å². The second-order valence-corrected chi connectivity index (χ2v) is 4.69. The molecule has 1 N–H and O–H groups in total. The van der Waals surface area contributed by atoms with Crippen molar-refractivity contribution in [2.75, 3.05) is 24.6 Å². The molecule has 1 fully saturated rings. The van der Waals surface area contributed by atoms with Crippen LogP contribution in [0.4, 0.5) is 5.82 Å². The molecule has 0 aliphatic carbocycles. The number of carboxylic acid groups (broad SMARTS) is 1. The average Bonchev–Trinajstić information content (AvgIpc) is 2.45. The van der Waals surface area contributed by atoms with Gasteiger partial charge in [-0.25, -0.2) is 9.97 Å². The molecule has 0 aromatic carbocycles. The Morgan fingerprint density at radius 2 is 2.42 bits per heavy atom. The number of aliphatic carboxylic acids is 1. The van der Waals surface area contributed by atoms with Crippen molar-refractivity contribution in [3.63, 3.8) is 0 Å². The van der Waals surface area contributed by atoms with Crippen molar-refractivity contribution >= 4 is 11.8 Å². The summed E-state index contributed by atoms with van der Waals surface area (Å²) in [5.41, 5.74) is 0. The van der Waals surface area contributed by atoms with Gasteiger partial charge in [0.2, 0.25) is 5.88 Å². The fourth-order valence-electron chi connectivity index (χ4n) is 2.18. The number of piperidine rings is 1. The maximum Gasteiger partial charge on any atom is 0.308 e.